The zero-order valence-electron chi connectivity index (χ0n) is 18.8. The number of aryl methyl sites for hydroxylation is 4. The lowest BCUT2D eigenvalue weighted by Gasteiger charge is -2.14. The van der Waals surface area contributed by atoms with Crippen LogP contribution < -0.4 is 9.46 Å². The van der Waals surface area contributed by atoms with Gasteiger partial charge in [0.05, 0.1) is 16.9 Å². The molecule has 176 valence electrons. The number of hydrogen-bond donors (Lipinski definition) is 1. The number of sulfonamides is 1. The van der Waals surface area contributed by atoms with Gasteiger partial charge in [0.15, 0.2) is 0 Å². The van der Waals surface area contributed by atoms with Gasteiger partial charge in [0.25, 0.3) is 10.0 Å². The highest BCUT2D eigenvalue weighted by Gasteiger charge is 2.20. The fourth-order valence-electron chi connectivity index (χ4n) is 3.46. The Morgan fingerprint density at radius 2 is 1.76 bits per heavy atom. The molecule has 0 amide bonds. The predicted octanol–water partition coefficient (Wildman–Crippen LogP) is 5.81. The maximum atomic E-state index is 12.9. The van der Waals surface area contributed by atoms with Crippen molar-refractivity contribution in [3.05, 3.63) is 75.0 Å². The van der Waals surface area contributed by atoms with E-state index in [0.717, 1.165) is 26.7 Å². The third-order valence-corrected chi connectivity index (χ3v) is 7.92. The minimum Gasteiger partial charge on any atom is -0.439 e. The van der Waals surface area contributed by atoms with Crippen LogP contribution in [0.25, 0.3) is 11.3 Å². The number of hydrogen-bond acceptors (Lipinski definition) is 6. The van der Waals surface area contributed by atoms with Gasteiger partial charge in [-0.15, -0.1) is 0 Å². The first kappa shape index (κ1) is 24.2. The van der Waals surface area contributed by atoms with Gasteiger partial charge < -0.3 is 4.74 Å². The van der Waals surface area contributed by atoms with Crippen molar-refractivity contribution in [3.8, 4) is 22.9 Å². The SMILES string of the molecule is Cc1cc(Oc2cc(-c3c(C)cccc3C)nc(NS(=O)(=O)c3cnn(C)c3)n2)cc(Cl)c1Br. The third kappa shape index (κ3) is 5.08. The van der Waals surface area contributed by atoms with E-state index in [1.807, 2.05) is 39.0 Å². The van der Waals surface area contributed by atoms with E-state index in [4.69, 9.17) is 16.3 Å². The van der Waals surface area contributed by atoms with Gasteiger partial charge in [-0.25, -0.2) is 18.1 Å². The molecule has 11 heteroatoms. The van der Waals surface area contributed by atoms with Gasteiger partial charge in [0, 0.05) is 35.4 Å². The number of anilines is 1. The van der Waals surface area contributed by atoms with E-state index in [1.54, 1.807) is 25.2 Å². The van der Waals surface area contributed by atoms with Crippen LogP contribution in [0, 0.1) is 20.8 Å². The Morgan fingerprint density at radius 1 is 1.06 bits per heavy atom. The smallest absolute Gasteiger partial charge is 0.267 e. The zero-order chi connectivity index (χ0) is 24.6. The molecule has 0 bridgehead atoms. The second kappa shape index (κ2) is 9.36. The normalized spacial score (nSPS) is 11.5. The summed E-state index contributed by atoms with van der Waals surface area (Å²) in [6.45, 7) is 5.81. The standard InChI is InChI=1S/C23H21BrClN5O3S/c1-13-6-5-7-14(2)21(13)19-10-20(33-16-8-15(3)22(24)18(25)9-16)28-23(27-19)29-34(31,32)17-11-26-30(4)12-17/h5-12H,1-4H3,(H,27,28,29). The van der Waals surface area contributed by atoms with Crippen LogP contribution in [-0.4, -0.2) is 28.2 Å². The van der Waals surface area contributed by atoms with Crippen LogP contribution in [0.3, 0.4) is 0 Å². The van der Waals surface area contributed by atoms with Crippen molar-refractivity contribution in [2.75, 3.05) is 4.72 Å². The number of halogens is 2. The van der Waals surface area contributed by atoms with Gasteiger partial charge in [-0.2, -0.15) is 10.1 Å². The molecule has 0 aliphatic carbocycles. The Bertz CT molecular complexity index is 1460. The average molecular weight is 563 g/mol. The van der Waals surface area contributed by atoms with E-state index in [-0.39, 0.29) is 16.7 Å². The summed E-state index contributed by atoms with van der Waals surface area (Å²) in [4.78, 5) is 8.79. The number of aromatic nitrogens is 4. The number of ether oxygens (including phenoxy) is 1. The molecule has 34 heavy (non-hydrogen) atoms. The predicted molar refractivity (Wildman–Crippen MR) is 135 cm³/mol. The summed E-state index contributed by atoms with van der Waals surface area (Å²) in [5.74, 6) is 0.492. The summed E-state index contributed by atoms with van der Waals surface area (Å²) < 4.78 is 36.4. The maximum Gasteiger partial charge on any atom is 0.267 e. The van der Waals surface area contributed by atoms with Crippen LogP contribution in [0.1, 0.15) is 16.7 Å². The molecule has 8 nitrogen and oxygen atoms in total. The third-order valence-electron chi connectivity index (χ3n) is 5.06. The molecule has 2 heterocycles. The zero-order valence-corrected chi connectivity index (χ0v) is 22.0. The molecule has 2 aromatic carbocycles. The average Bonchev–Trinajstić information content (AvgIpc) is 3.19. The fourth-order valence-corrected chi connectivity index (χ4v) is 4.87. The van der Waals surface area contributed by atoms with Crippen LogP contribution in [0.15, 0.2) is 58.2 Å². The summed E-state index contributed by atoms with van der Waals surface area (Å²) in [5, 5.41) is 4.41. The van der Waals surface area contributed by atoms with E-state index in [0.29, 0.717) is 16.5 Å². The second-order valence-corrected chi connectivity index (χ2v) is 10.7. The number of nitrogens with zero attached hydrogens (tertiary/aromatic N) is 4. The minimum atomic E-state index is -3.96. The summed E-state index contributed by atoms with van der Waals surface area (Å²) in [7, 11) is -2.33. The molecule has 4 rings (SSSR count). The van der Waals surface area contributed by atoms with Crippen molar-refractivity contribution < 1.29 is 13.2 Å². The Kier molecular flexibility index (Phi) is 6.66. The maximum absolute atomic E-state index is 12.9. The van der Waals surface area contributed by atoms with E-state index < -0.39 is 10.0 Å². The highest BCUT2D eigenvalue weighted by Crippen LogP contribution is 2.34. The lowest BCUT2D eigenvalue weighted by Crippen LogP contribution is -2.15. The molecule has 1 N–H and O–H groups in total. The van der Waals surface area contributed by atoms with Crippen molar-refractivity contribution in [1.29, 1.82) is 0 Å². The highest BCUT2D eigenvalue weighted by atomic mass is 79.9. The van der Waals surface area contributed by atoms with Gasteiger partial charge >= 0.3 is 0 Å². The van der Waals surface area contributed by atoms with Gasteiger partial charge in [-0.05, 0) is 59.5 Å². The molecule has 0 radical (unpaired) electrons. The molecule has 0 saturated heterocycles. The van der Waals surface area contributed by atoms with Crippen molar-refractivity contribution in [2.45, 2.75) is 25.7 Å². The topological polar surface area (TPSA) is 99.0 Å². The fraction of sp³-hybridized carbons (Fsp3) is 0.174. The molecule has 4 aromatic rings. The van der Waals surface area contributed by atoms with E-state index in [2.05, 4.69) is 35.7 Å². The highest BCUT2D eigenvalue weighted by molar-refractivity contribution is 9.10. The largest absolute Gasteiger partial charge is 0.439 e. The van der Waals surface area contributed by atoms with Gasteiger partial charge in [0.1, 0.15) is 10.6 Å². The summed E-state index contributed by atoms with van der Waals surface area (Å²) in [6.07, 6.45) is 2.64. The van der Waals surface area contributed by atoms with E-state index in [9.17, 15) is 8.42 Å². The molecule has 0 fully saturated rings. The Balaban J connectivity index is 1.81. The number of benzene rings is 2. The molecule has 0 atom stereocenters. The van der Waals surface area contributed by atoms with Crippen LogP contribution >= 0.6 is 27.5 Å². The Labute approximate surface area is 211 Å². The number of rotatable bonds is 6. The van der Waals surface area contributed by atoms with E-state index in [1.165, 1.54) is 17.1 Å². The summed E-state index contributed by atoms with van der Waals surface area (Å²) >= 11 is 9.71. The number of nitrogens with one attached hydrogen (secondary N) is 1. The van der Waals surface area contributed by atoms with Gasteiger partial charge in [-0.3, -0.25) is 4.68 Å². The van der Waals surface area contributed by atoms with Gasteiger partial charge in [0.2, 0.25) is 11.8 Å². The molecule has 0 spiro atoms. The first-order valence-electron chi connectivity index (χ1n) is 10.1. The van der Waals surface area contributed by atoms with Crippen LogP contribution in [0.4, 0.5) is 5.95 Å². The van der Waals surface area contributed by atoms with Crippen LogP contribution in [-0.2, 0) is 17.1 Å². The van der Waals surface area contributed by atoms with Crippen molar-refractivity contribution >= 4 is 43.5 Å². The van der Waals surface area contributed by atoms with Crippen LogP contribution in [0.2, 0.25) is 5.02 Å². The lowest BCUT2D eigenvalue weighted by atomic mass is 10.00. The molecular weight excluding hydrogens is 542 g/mol. The van der Waals surface area contributed by atoms with Crippen molar-refractivity contribution in [1.82, 2.24) is 19.7 Å². The molecule has 0 unspecified atom stereocenters. The van der Waals surface area contributed by atoms with Crippen molar-refractivity contribution in [3.63, 3.8) is 0 Å². The Hall–Kier alpha value is -2.95. The first-order valence-corrected chi connectivity index (χ1v) is 12.8. The van der Waals surface area contributed by atoms with E-state index >= 15 is 0 Å². The molecule has 2 aromatic heterocycles. The summed E-state index contributed by atoms with van der Waals surface area (Å²) in [5.41, 5.74) is 4.22. The Morgan fingerprint density at radius 3 is 2.38 bits per heavy atom. The summed E-state index contributed by atoms with van der Waals surface area (Å²) in [6, 6.07) is 11.0. The first-order chi connectivity index (χ1) is 16.0. The second-order valence-electron chi connectivity index (χ2n) is 7.78. The van der Waals surface area contributed by atoms with Gasteiger partial charge in [-0.1, -0.05) is 29.8 Å². The van der Waals surface area contributed by atoms with Crippen molar-refractivity contribution in [2.24, 2.45) is 7.05 Å². The molecule has 0 aliphatic rings. The molecule has 0 saturated carbocycles. The quantitative estimate of drug-likeness (QED) is 0.318. The minimum absolute atomic E-state index is 0.00569. The van der Waals surface area contributed by atoms with Crippen LogP contribution in [0.5, 0.6) is 11.6 Å². The lowest BCUT2D eigenvalue weighted by molar-refractivity contribution is 0.462. The molecular formula is C23H21BrClN5O3S. The monoisotopic (exact) mass is 561 g/mol. The molecule has 0 aliphatic heterocycles.